The zero-order valence-electron chi connectivity index (χ0n) is 14.9. The number of carbonyl (C=O) groups is 1. The Kier molecular flexibility index (Phi) is 5.24. The first-order valence-electron chi connectivity index (χ1n) is 7.99. The van der Waals surface area contributed by atoms with Crippen molar-refractivity contribution in [1.82, 2.24) is 18.8 Å². The molecule has 0 spiro atoms. The number of carbonyl (C=O) groups excluding carboxylic acids is 1. The first-order chi connectivity index (χ1) is 11.0. The minimum atomic E-state index is -3.65. The molecule has 1 aliphatic heterocycles. The van der Waals surface area contributed by atoms with Crippen molar-refractivity contribution in [2.75, 3.05) is 26.2 Å². The largest absolute Gasteiger partial charge is 0.444 e. The standard InChI is InChI=1S/C15H26N4O4S/c1-12-16-13(11-17(12)5)24(21,22)19-8-6-7-18(9-10-19)14(20)23-15(2,3)4/h11H,6-10H2,1-5H3. The van der Waals surface area contributed by atoms with Gasteiger partial charge in [0.05, 0.1) is 0 Å². The molecule has 0 atom stereocenters. The molecule has 0 aliphatic carbocycles. The maximum absolute atomic E-state index is 12.7. The fourth-order valence-electron chi connectivity index (χ4n) is 2.43. The van der Waals surface area contributed by atoms with Crippen molar-refractivity contribution in [3.63, 3.8) is 0 Å². The lowest BCUT2D eigenvalue weighted by molar-refractivity contribution is 0.0260. The highest BCUT2D eigenvalue weighted by molar-refractivity contribution is 7.89. The first-order valence-corrected chi connectivity index (χ1v) is 9.43. The Balaban J connectivity index is 2.09. The third kappa shape index (κ3) is 4.27. The Hall–Kier alpha value is -1.61. The molecule has 0 radical (unpaired) electrons. The molecule has 1 aromatic heterocycles. The smallest absolute Gasteiger partial charge is 0.410 e. The Morgan fingerprint density at radius 1 is 1.21 bits per heavy atom. The maximum atomic E-state index is 12.7. The summed E-state index contributed by atoms with van der Waals surface area (Å²) < 4.78 is 33.9. The van der Waals surface area contributed by atoms with Crippen molar-refractivity contribution in [3.8, 4) is 0 Å². The van der Waals surface area contributed by atoms with E-state index in [4.69, 9.17) is 4.74 Å². The molecule has 8 nitrogen and oxygen atoms in total. The summed E-state index contributed by atoms with van der Waals surface area (Å²) in [5.41, 5.74) is -0.569. The van der Waals surface area contributed by atoms with Crippen molar-refractivity contribution in [2.24, 2.45) is 7.05 Å². The van der Waals surface area contributed by atoms with E-state index in [1.807, 2.05) is 20.8 Å². The van der Waals surface area contributed by atoms with Gasteiger partial charge in [-0.15, -0.1) is 0 Å². The highest BCUT2D eigenvalue weighted by Crippen LogP contribution is 2.18. The van der Waals surface area contributed by atoms with E-state index in [1.165, 1.54) is 10.5 Å². The molecule has 1 aliphatic rings. The number of amides is 1. The van der Waals surface area contributed by atoms with Gasteiger partial charge in [-0.3, -0.25) is 0 Å². The van der Waals surface area contributed by atoms with Gasteiger partial charge in [-0.05, 0) is 34.1 Å². The molecule has 0 saturated carbocycles. The van der Waals surface area contributed by atoms with Crippen LogP contribution in [0.5, 0.6) is 0 Å². The summed E-state index contributed by atoms with van der Waals surface area (Å²) in [4.78, 5) is 17.8. The third-order valence-corrected chi connectivity index (χ3v) is 5.57. The van der Waals surface area contributed by atoms with Crippen molar-refractivity contribution < 1.29 is 17.9 Å². The summed E-state index contributed by atoms with van der Waals surface area (Å²) in [7, 11) is -1.89. The Labute approximate surface area is 143 Å². The van der Waals surface area contributed by atoms with Crippen molar-refractivity contribution in [3.05, 3.63) is 12.0 Å². The fraction of sp³-hybridized carbons (Fsp3) is 0.733. The van der Waals surface area contributed by atoms with E-state index in [-0.39, 0.29) is 11.6 Å². The Morgan fingerprint density at radius 3 is 2.42 bits per heavy atom. The van der Waals surface area contributed by atoms with E-state index in [0.29, 0.717) is 31.9 Å². The van der Waals surface area contributed by atoms with Crippen LogP contribution in [-0.2, 0) is 21.8 Å². The number of imidazole rings is 1. The second-order valence-corrected chi connectivity index (χ2v) is 8.85. The number of nitrogens with zero attached hydrogens (tertiary/aromatic N) is 4. The first kappa shape index (κ1) is 18.7. The second-order valence-electron chi connectivity index (χ2n) is 6.96. The normalized spacial score (nSPS) is 17.6. The molecule has 1 aromatic rings. The van der Waals surface area contributed by atoms with Crippen LogP contribution in [0, 0.1) is 6.92 Å². The topological polar surface area (TPSA) is 84.7 Å². The molecule has 2 rings (SSSR count). The van der Waals surface area contributed by atoms with Crippen LogP contribution < -0.4 is 0 Å². The number of sulfonamides is 1. The van der Waals surface area contributed by atoms with Gasteiger partial charge in [-0.25, -0.2) is 18.2 Å². The van der Waals surface area contributed by atoms with Crippen molar-refractivity contribution >= 4 is 16.1 Å². The van der Waals surface area contributed by atoms with E-state index in [2.05, 4.69) is 4.98 Å². The number of hydrogen-bond acceptors (Lipinski definition) is 5. The van der Waals surface area contributed by atoms with Crippen LogP contribution in [0.2, 0.25) is 0 Å². The molecule has 0 unspecified atom stereocenters. The highest BCUT2D eigenvalue weighted by Gasteiger charge is 2.31. The summed E-state index contributed by atoms with van der Waals surface area (Å²) in [5, 5.41) is 0.0493. The number of aromatic nitrogens is 2. The van der Waals surface area contributed by atoms with Gasteiger partial charge < -0.3 is 14.2 Å². The minimum Gasteiger partial charge on any atom is -0.444 e. The summed E-state index contributed by atoms with van der Waals surface area (Å²) in [6.45, 7) is 8.55. The Morgan fingerprint density at radius 2 is 1.88 bits per heavy atom. The average Bonchev–Trinajstić information content (AvgIpc) is 2.67. The van der Waals surface area contributed by atoms with Gasteiger partial charge in [-0.1, -0.05) is 0 Å². The lowest BCUT2D eigenvalue weighted by Crippen LogP contribution is -2.40. The summed E-state index contributed by atoms with van der Waals surface area (Å²) in [6, 6.07) is 0. The van der Waals surface area contributed by atoms with E-state index in [9.17, 15) is 13.2 Å². The molecule has 1 fully saturated rings. The fourth-order valence-corrected chi connectivity index (χ4v) is 3.92. The summed E-state index contributed by atoms with van der Waals surface area (Å²) in [5.74, 6) is 0.638. The van der Waals surface area contributed by atoms with Gasteiger partial charge in [0.1, 0.15) is 11.4 Å². The van der Waals surface area contributed by atoms with E-state index >= 15 is 0 Å². The number of aryl methyl sites for hydroxylation is 2. The van der Waals surface area contributed by atoms with Crippen molar-refractivity contribution in [1.29, 1.82) is 0 Å². The predicted molar refractivity (Wildman–Crippen MR) is 89.1 cm³/mol. The van der Waals surface area contributed by atoms with Crippen LogP contribution in [0.4, 0.5) is 4.79 Å². The molecule has 0 aromatic carbocycles. The molecule has 136 valence electrons. The van der Waals surface area contributed by atoms with E-state index in [1.54, 1.807) is 23.4 Å². The third-order valence-electron chi connectivity index (χ3n) is 3.80. The summed E-state index contributed by atoms with van der Waals surface area (Å²) in [6.07, 6.45) is 1.67. The predicted octanol–water partition coefficient (Wildman–Crippen LogP) is 1.36. The second kappa shape index (κ2) is 6.72. The molecule has 24 heavy (non-hydrogen) atoms. The lowest BCUT2D eigenvalue weighted by Gasteiger charge is -2.26. The van der Waals surface area contributed by atoms with Gasteiger partial charge in [0, 0.05) is 39.4 Å². The quantitative estimate of drug-likeness (QED) is 0.797. The zero-order chi connectivity index (χ0) is 18.1. The van der Waals surface area contributed by atoms with Gasteiger partial charge in [-0.2, -0.15) is 4.31 Å². The van der Waals surface area contributed by atoms with Gasteiger partial charge in [0.15, 0.2) is 5.03 Å². The number of ether oxygens (including phenoxy) is 1. The number of rotatable bonds is 2. The molecule has 0 N–H and O–H groups in total. The Bertz CT molecular complexity index is 686. The van der Waals surface area contributed by atoms with Crippen LogP contribution >= 0.6 is 0 Å². The number of hydrogen-bond donors (Lipinski definition) is 0. The van der Waals surface area contributed by atoms with Crippen molar-refractivity contribution in [2.45, 2.75) is 44.7 Å². The van der Waals surface area contributed by atoms with Gasteiger partial charge in [0.25, 0.3) is 10.0 Å². The highest BCUT2D eigenvalue weighted by atomic mass is 32.2. The SMILES string of the molecule is Cc1nc(S(=O)(=O)N2CCCN(C(=O)OC(C)(C)C)CC2)cn1C. The molecule has 0 bridgehead atoms. The van der Waals surface area contributed by atoms with E-state index in [0.717, 1.165) is 0 Å². The maximum Gasteiger partial charge on any atom is 0.410 e. The van der Waals surface area contributed by atoms with Crippen LogP contribution in [0.3, 0.4) is 0 Å². The molecular weight excluding hydrogens is 332 g/mol. The van der Waals surface area contributed by atoms with Crippen LogP contribution in [-0.4, -0.2) is 65.0 Å². The minimum absolute atomic E-state index is 0.0493. The molecule has 1 saturated heterocycles. The lowest BCUT2D eigenvalue weighted by atomic mass is 10.2. The van der Waals surface area contributed by atoms with Gasteiger partial charge >= 0.3 is 6.09 Å². The average molecular weight is 358 g/mol. The molecular formula is C15H26N4O4S. The summed E-state index contributed by atoms with van der Waals surface area (Å²) >= 11 is 0. The molecule has 2 heterocycles. The van der Waals surface area contributed by atoms with Crippen LogP contribution in [0.25, 0.3) is 0 Å². The van der Waals surface area contributed by atoms with E-state index < -0.39 is 21.7 Å². The van der Waals surface area contributed by atoms with Crippen LogP contribution in [0.15, 0.2) is 11.2 Å². The monoisotopic (exact) mass is 358 g/mol. The zero-order valence-corrected chi connectivity index (χ0v) is 15.8. The molecule has 9 heteroatoms. The van der Waals surface area contributed by atoms with Crippen LogP contribution in [0.1, 0.15) is 33.0 Å². The molecule has 1 amide bonds. The van der Waals surface area contributed by atoms with Gasteiger partial charge in [0.2, 0.25) is 0 Å².